The first-order chi connectivity index (χ1) is 8.24. The van der Waals surface area contributed by atoms with E-state index in [1.54, 1.807) is 0 Å². The molecule has 1 aromatic rings. The van der Waals surface area contributed by atoms with E-state index in [0.29, 0.717) is 18.5 Å². The summed E-state index contributed by atoms with van der Waals surface area (Å²) >= 11 is 0. The van der Waals surface area contributed by atoms with Gasteiger partial charge in [-0.2, -0.15) is 0 Å². The molecule has 5 heteroatoms. The fraction of sp³-hybridized carbons (Fsp3) is 0.667. The highest BCUT2D eigenvalue weighted by Crippen LogP contribution is 2.19. The molecule has 0 saturated carbocycles. The van der Waals surface area contributed by atoms with Crippen LogP contribution in [0.4, 0.5) is 0 Å². The second-order valence-corrected chi connectivity index (χ2v) is 5.05. The number of nitrogens with zero attached hydrogens (tertiary/aromatic N) is 1. The number of rotatable bonds is 1. The standard InChI is InChI=1S/C12H18N4O/c1-7-4-9-10(6-14-7)15-11(16-12(9)17)8-2-3-13-5-8/h7-8,13-14H,2-6H2,1H3,(H,15,16,17). The molecular weight excluding hydrogens is 216 g/mol. The van der Waals surface area contributed by atoms with Crippen LogP contribution in [-0.2, 0) is 13.0 Å². The minimum absolute atomic E-state index is 0.0604. The molecule has 2 aliphatic heterocycles. The number of fused-ring (bicyclic) bond motifs is 1. The molecule has 2 atom stereocenters. The first-order valence-electron chi connectivity index (χ1n) is 6.30. The smallest absolute Gasteiger partial charge is 0.254 e. The van der Waals surface area contributed by atoms with Gasteiger partial charge in [0.1, 0.15) is 5.82 Å². The molecular formula is C12H18N4O. The monoisotopic (exact) mass is 234 g/mol. The van der Waals surface area contributed by atoms with Crippen LogP contribution in [0.25, 0.3) is 0 Å². The van der Waals surface area contributed by atoms with Crippen molar-refractivity contribution >= 4 is 0 Å². The lowest BCUT2D eigenvalue weighted by Crippen LogP contribution is -2.38. The quantitative estimate of drug-likeness (QED) is 0.633. The largest absolute Gasteiger partial charge is 0.316 e. The van der Waals surface area contributed by atoms with Gasteiger partial charge in [0.05, 0.1) is 5.69 Å². The van der Waals surface area contributed by atoms with Gasteiger partial charge in [0.2, 0.25) is 0 Å². The van der Waals surface area contributed by atoms with E-state index in [9.17, 15) is 4.79 Å². The van der Waals surface area contributed by atoms with Gasteiger partial charge in [-0.05, 0) is 26.3 Å². The van der Waals surface area contributed by atoms with Gasteiger partial charge < -0.3 is 15.6 Å². The lowest BCUT2D eigenvalue weighted by molar-refractivity contribution is 0.494. The number of H-pyrrole nitrogens is 1. The van der Waals surface area contributed by atoms with Crippen LogP contribution in [0.1, 0.15) is 36.3 Å². The maximum Gasteiger partial charge on any atom is 0.254 e. The van der Waals surface area contributed by atoms with Gasteiger partial charge in [-0.1, -0.05) is 0 Å². The van der Waals surface area contributed by atoms with Crippen LogP contribution in [0.5, 0.6) is 0 Å². The van der Waals surface area contributed by atoms with Gasteiger partial charge in [0.15, 0.2) is 0 Å². The van der Waals surface area contributed by atoms with E-state index >= 15 is 0 Å². The zero-order valence-electron chi connectivity index (χ0n) is 10.0. The Bertz CT molecular complexity index is 476. The lowest BCUT2D eigenvalue weighted by Gasteiger charge is -2.22. The molecule has 0 aromatic carbocycles. The molecule has 0 amide bonds. The summed E-state index contributed by atoms with van der Waals surface area (Å²) < 4.78 is 0. The summed E-state index contributed by atoms with van der Waals surface area (Å²) in [5.74, 6) is 1.22. The molecule has 3 N–H and O–H groups in total. The van der Waals surface area contributed by atoms with Gasteiger partial charge in [0.25, 0.3) is 5.56 Å². The first-order valence-corrected chi connectivity index (χ1v) is 6.30. The van der Waals surface area contributed by atoms with Crippen molar-refractivity contribution in [1.82, 2.24) is 20.6 Å². The molecule has 0 aliphatic carbocycles. The van der Waals surface area contributed by atoms with Crippen molar-refractivity contribution in [1.29, 1.82) is 0 Å². The third-order valence-electron chi connectivity index (χ3n) is 3.69. The van der Waals surface area contributed by atoms with E-state index in [1.807, 2.05) is 0 Å². The maximum atomic E-state index is 12.0. The summed E-state index contributed by atoms with van der Waals surface area (Å²) in [5.41, 5.74) is 1.87. The molecule has 17 heavy (non-hydrogen) atoms. The topological polar surface area (TPSA) is 69.8 Å². The molecule has 2 unspecified atom stereocenters. The molecule has 2 aliphatic rings. The van der Waals surface area contributed by atoms with Gasteiger partial charge in [-0.3, -0.25) is 4.79 Å². The summed E-state index contributed by atoms with van der Waals surface area (Å²) in [5, 5.41) is 6.65. The Labute approximate surface area is 100 Å². The second-order valence-electron chi connectivity index (χ2n) is 5.05. The normalized spacial score (nSPS) is 28.1. The average Bonchev–Trinajstić information content (AvgIpc) is 2.83. The molecule has 1 fully saturated rings. The van der Waals surface area contributed by atoms with Gasteiger partial charge in [-0.15, -0.1) is 0 Å². The summed E-state index contributed by atoms with van der Waals surface area (Å²) in [7, 11) is 0. The minimum Gasteiger partial charge on any atom is -0.316 e. The molecule has 1 aromatic heterocycles. The summed E-state index contributed by atoms with van der Waals surface area (Å²) in [6.07, 6.45) is 1.84. The zero-order valence-corrected chi connectivity index (χ0v) is 10.0. The Morgan fingerprint density at radius 1 is 1.41 bits per heavy atom. The van der Waals surface area contributed by atoms with Crippen LogP contribution in [0.3, 0.4) is 0 Å². The van der Waals surface area contributed by atoms with Crippen molar-refractivity contribution in [2.75, 3.05) is 13.1 Å². The van der Waals surface area contributed by atoms with E-state index in [2.05, 4.69) is 27.5 Å². The van der Waals surface area contributed by atoms with E-state index in [-0.39, 0.29) is 5.56 Å². The van der Waals surface area contributed by atoms with Crippen molar-refractivity contribution in [3.63, 3.8) is 0 Å². The highest BCUT2D eigenvalue weighted by molar-refractivity contribution is 5.23. The van der Waals surface area contributed by atoms with Gasteiger partial charge in [-0.25, -0.2) is 4.98 Å². The van der Waals surface area contributed by atoms with Gasteiger partial charge in [0, 0.05) is 30.6 Å². The Hall–Kier alpha value is -1.20. The average molecular weight is 234 g/mol. The Balaban J connectivity index is 1.98. The summed E-state index contributed by atoms with van der Waals surface area (Å²) in [6, 6.07) is 0.365. The molecule has 1 saturated heterocycles. The fourth-order valence-electron chi connectivity index (χ4n) is 2.65. The molecule has 0 radical (unpaired) electrons. The molecule has 92 valence electrons. The van der Waals surface area contributed by atoms with Crippen molar-refractivity contribution in [3.05, 3.63) is 27.4 Å². The SMILES string of the molecule is CC1Cc2c(nc(C3CCNC3)[nH]c2=O)CN1. The predicted molar refractivity (Wildman–Crippen MR) is 65.1 cm³/mol. The van der Waals surface area contributed by atoms with Crippen molar-refractivity contribution < 1.29 is 0 Å². The first kappa shape index (κ1) is 10.9. The number of aromatic nitrogens is 2. The maximum absolute atomic E-state index is 12.0. The second kappa shape index (κ2) is 4.23. The van der Waals surface area contributed by atoms with Crippen LogP contribution in [0.2, 0.25) is 0 Å². The lowest BCUT2D eigenvalue weighted by atomic mass is 10.0. The molecule has 0 spiro atoms. The van der Waals surface area contributed by atoms with Crippen LogP contribution >= 0.6 is 0 Å². The predicted octanol–water partition coefficient (Wildman–Crippen LogP) is -0.119. The van der Waals surface area contributed by atoms with Crippen molar-refractivity contribution in [2.45, 2.75) is 38.3 Å². The van der Waals surface area contributed by atoms with E-state index in [0.717, 1.165) is 43.0 Å². The third-order valence-corrected chi connectivity index (χ3v) is 3.69. The fourth-order valence-corrected chi connectivity index (χ4v) is 2.65. The number of hydrogen-bond donors (Lipinski definition) is 3. The van der Waals surface area contributed by atoms with Crippen molar-refractivity contribution in [3.8, 4) is 0 Å². The van der Waals surface area contributed by atoms with Crippen LogP contribution in [0, 0.1) is 0 Å². The highest BCUT2D eigenvalue weighted by Gasteiger charge is 2.24. The number of aromatic amines is 1. The van der Waals surface area contributed by atoms with E-state index in [4.69, 9.17) is 0 Å². The molecule has 3 heterocycles. The Kier molecular flexibility index (Phi) is 2.72. The van der Waals surface area contributed by atoms with Crippen LogP contribution < -0.4 is 16.2 Å². The highest BCUT2D eigenvalue weighted by atomic mass is 16.1. The Morgan fingerprint density at radius 3 is 3.06 bits per heavy atom. The zero-order chi connectivity index (χ0) is 11.8. The van der Waals surface area contributed by atoms with Crippen LogP contribution in [0.15, 0.2) is 4.79 Å². The summed E-state index contributed by atoms with van der Waals surface area (Å²) in [6.45, 7) is 4.75. The minimum atomic E-state index is 0.0604. The van der Waals surface area contributed by atoms with Gasteiger partial charge >= 0.3 is 0 Å². The number of nitrogens with one attached hydrogen (secondary N) is 3. The number of hydrogen-bond acceptors (Lipinski definition) is 4. The third kappa shape index (κ3) is 2.00. The van der Waals surface area contributed by atoms with E-state index < -0.39 is 0 Å². The molecule has 0 bridgehead atoms. The molecule has 3 rings (SSSR count). The summed E-state index contributed by atoms with van der Waals surface area (Å²) in [4.78, 5) is 19.6. The van der Waals surface area contributed by atoms with Crippen molar-refractivity contribution in [2.24, 2.45) is 0 Å². The van der Waals surface area contributed by atoms with Crippen LogP contribution in [-0.4, -0.2) is 29.1 Å². The van der Waals surface area contributed by atoms with E-state index in [1.165, 1.54) is 0 Å². The Morgan fingerprint density at radius 2 is 2.29 bits per heavy atom. The molecule has 5 nitrogen and oxygen atoms in total.